The zero-order chi connectivity index (χ0) is 10.4. The molecule has 1 N–H and O–H groups in total. The number of nitrogens with zero attached hydrogens (tertiary/aromatic N) is 1. The van der Waals surface area contributed by atoms with Crippen LogP contribution in [0.2, 0.25) is 0 Å². The average Bonchev–Trinajstić information content (AvgIpc) is 2.26. The first-order valence-corrected chi connectivity index (χ1v) is 4.90. The summed E-state index contributed by atoms with van der Waals surface area (Å²) in [5.41, 5.74) is 0. The third-order valence-corrected chi connectivity index (χ3v) is 2.03. The average molecular weight is 200 g/mol. The SMILES string of the molecule is CCCNC(=O)C(=O)N1CCOCC1. The Morgan fingerprint density at radius 2 is 2.00 bits per heavy atom. The van der Waals surface area contributed by atoms with Gasteiger partial charge in [-0.2, -0.15) is 0 Å². The molecule has 1 saturated heterocycles. The number of amides is 2. The molecule has 0 aliphatic carbocycles. The van der Waals surface area contributed by atoms with E-state index in [-0.39, 0.29) is 0 Å². The van der Waals surface area contributed by atoms with Gasteiger partial charge >= 0.3 is 11.8 Å². The fourth-order valence-electron chi connectivity index (χ4n) is 1.22. The molecule has 5 nitrogen and oxygen atoms in total. The second-order valence-corrected chi connectivity index (χ2v) is 3.16. The van der Waals surface area contributed by atoms with E-state index in [4.69, 9.17) is 4.74 Å². The minimum absolute atomic E-state index is 0.443. The summed E-state index contributed by atoms with van der Waals surface area (Å²) in [6.07, 6.45) is 0.835. The van der Waals surface area contributed by atoms with Gasteiger partial charge in [-0.15, -0.1) is 0 Å². The van der Waals surface area contributed by atoms with Crippen LogP contribution < -0.4 is 5.32 Å². The Kier molecular flexibility index (Phi) is 4.39. The van der Waals surface area contributed by atoms with Crippen molar-refractivity contribution in [3.63, 3.8) is 0 Å². The number of rotatable bonds is 2. The highest BCUT2D eigenvalue weighted by atomic mass is 16.5. The van der Waals surface area contributed by atoms with Gasteiger partial charge in [0.2, 0.25) is 0 Å². The van der Waals surface area contributed by atoms with Crippen LogP contribution >= 0.6 is 0 Å². The van der Waals surface area contributed by atoms with Crippen LogP contribution in [0.15, 0.2) is 0 Å². The van der Waals surface area contributed by atoms with E-state index in [1.54, 1.807) is 0 Å². The number of morpholine rings is 1. The highest BCUT2D eigenvalue weighted by Crippen LogP contribution is 1.97. The van der Waals surface area contributed by atoms with E-state index in [9.17, 15) is 9.59 Å². The molecule has 0 bridgehead atoms. The highest BCUT2D eigenvalue weighted by Gasteiger charge is 2.22. The molecule has 14 heavy (non-hydrogen) atoms. The van der Waals surface area contributed by atoms with Crippen molar-refractivity contribution in [2.45, 2.75) is 13.3 Å². The highest BCUT2D eigenvalue weighted by molar-refractivity contribution is 6.35. The van der Waals surface area contributed by atoms with Gasteiger partial charge in [0.05, 0.1) is 13.2 Å². The fraction of sp³-hybridized carbons (Fsp3) is 0.778. The van der Waals surface area contributed by atoms with Gasteiger partial charge in [0.15, 0.2) is 0 Å². The molecule has 0 unspecified atom stereocenters. The van der Waals surface area contributed by atoms with Crippen molar-refractivity contribution in [2.24, 2.45) is 0 Å². The molecule has 1 rings (SSSR count). The number of carbonyl (C=O) groups excluding carboxylic acids is 2. The second kappa shape index (κ2) is 5.59. The first-order valence-electron chi connectivity index (χ1n) is 4.90. The van der Waals surface area contributed by atoms with Gasteiger partial charge in [0.25, 0.3) is 0 Å². The number of hydrogen-bond acceptors (Lipinski definition) is 3. The van der Waals surface area contributed by atoms with Crippen molar-refractivity contribution < 1.29 is 14.3 Å². The van der Waals surface area contributed by atoms with Crippen molar-refractivity contribution in [3.05, 3.63) is 0 Å². The maximum absolute atomic E-state index is 11.5. The van der Waals surface area contributed by atoms with E-state index < -0.39 is 11.8 Å². The van der Waals surface area contributed by atoms with Gasteiger partial charge < -0.3 is 15.0 Å². The normalized spacial score (nSPS) is 16.5. The third kappa shape index (κ3) is 2.99. The summed E-state index contributed by atoms with van der Waals surface area (Å²) < 4.78 is 5.09. The minimum atomic E-state index is -0.506. The molecular formula is C9H16N2O3. The number of hydrogen-bond donors (Lipinski definition) is 1. The van der Waals surface area contributed by atoms with E-state index in [0.29, 0.717) is 32.8 Å². The van der Waals surface area contributed by atoms with E-state index >= 15 is 0 Å². The Hall–Kier alpha value is -1.10. The zero-order valence-electron chi connectivity index (χ0n) is 8.41. The largest absolute Gasteiger partial charge is 0.378 e. The van der Waals surface area contributed by atoms with Gasteiger partial charge in [-0.3, -0.25) is 9.59 Å². The Balaban J connectivity index is 2.34. The summed E-state index contributed by atoms with van der Waals surface area (Å²) >= 11 is 0. The molecule has 0 aromatic heterocycles. The van der Waals surface area contributed by atoms with Gasteiger partial charge in [-0.1, -0.05) is 6.92 Å². The summed E-state index contributed by atoms with van der Waals surface area (Å²) in [6, 6.07) is 0. The van der Waals surface area contributed by atoms with Crippen LogP contribution in [0, 0.1) is 0 Å². The van der Waals surface area contributed by atoms with E-state index in [1.165, 1.54) is 4.90 Å². The molecule has 1 aliphatic heterocycles. The molecule has 0 radical (unpaired) electrons. The van der Waals surface area contributed by atoms with Crippen molar-refractivity contribution in [1.82, 2.24) is 10.2 Å². The molecule has 0 atom stereocenters. The lowest BCUT2D eigenvalue weighted by Crippen LogP contribution is -2.47. The first kappa shape index (κ1) is 11.0. The van der Waals surface area contributed by atoms with E-state index in [2.05, 4.69) is 5.32 Å². The molecule has 80 valence electrons. The smallest absolute Gasteiger partial charge is 0.312 e. The topological polar surface area (TPSA) is 58.6 Å². The zero-order valence-corrected chi connectivity index (χ0v) is 8.41. The predicted molar refractivity (Wildman–Crippen MR) is 50.7 cm³/mol. The van der Waals surface area contributed by atoms with Crippen LogP contribution in [-0.4, -0.2) is 49.6 Å². The Morgan fingerprint density at radius 1 is 1.36 bits per heavy atom. The fourth-order valence-corrected chi connectivity index (χ4v) is 1.22. The lowest BCUT2D eigenvalue weighted by Gasteiger charge is -2.25. The molecule has 0 spiro atoms. The first-order chi connectivity index (χ1) is 6.75. The molecule has 0 saturated carbocycles. The third-order valence-electron chi connectivity index (χ3n) is 2.03. The summed E-state index contributed by atoms with van der Waals surface area (Å²) in [5, 5.41) is 2.56. The monoisotopic (exact) mass is 200 g/mol. The van der Waals surface area contributed by atoms with Gasteiger partial charge in [0, 0.05) is 19.6 Å². The van der Waals surface area contributed by atoms with Crippen LogP contribution in [0.25, 0.3) is 0 Å². The maximum atomic E-state index is 11.5. The summed E-state index contributed by atoms with van der Waals surface area (Å²) in [6.45, 7) is 4.56. The van der Waals surface area contributed by atoms with Gasteiger partial charge in [-0.05, 0) is 6.42 Å². The summed E-state index contributed by atoms with van der Waals surface area (Å²) in [4.78, 5) is 24.2. The molecule has 0 aromatic carbocycles. The maximum Gasteiger partial charge on any atom is 0.312 e. The van der Waals surface area contributed by atoms with Crippen LogP contribution in [0.4, 0.5) is 0 Å². The minimum Gasteiger partial charge on any atom is -0.378 e. The van der Waals surface area contributed by atoms with Crippen LogP contribution in [0.3, 0.4) is 0 Å². The Bertz CT molecular complexity index is 212. The van der Waals surface area contributed by atoms with Crippen molar-refractivity contribution >= 4 is 11.8 Å². The number of ether oxygens (including phenoxy) is 1. The Morgan fingerprint density at radius 3 is 2.57 bits per heavy atom. The molecule has 2 amide bonds. The van der Waals surface area contributed by atoms with Crippen LogP contribution in [0.1, 0.15) is 13.3 Å². The Labute approximate surface area is 83.4 Å². The van der Waals surface area contributed by atoms with Crippen LogP contribution in [-0.2, 0) is 14.3 Å². The quantitative estimate of drug-likeness (QED) is 0.604. The van der Waals surface area contributed by atoms with Gasteiger partial charge in [0.1, 0.15) is 0 Å². The summed E-state index contributed by atoms with van der Waals surface area (Å²) in [5.74, 6) is -0.949. The number of nitrogens with one attached hydrogen (secondary N) is 1. The van der Waals surface area contributed by atoms with Crippen molar-refractivity contribution in [3.8, 4) is 0 Å². The van der Waals surface area contributed by atoms with Crippen molar-refractivity contribution in [1.29, 1.82) is 0 Å². The molecular weight excluding hydrogens is 184 g/mol. The standard InChI is InChI=1S/C9H16N2O3/c1-2-3-10-8(12)9(13)11-4-6-14-7-5-11/h2-7H2,1H3,(H,10,12). The second-order valence-electron chi connectivity index (χ2n) is 3.16. The number of carbonyl (C=O) groups is 2. The molecule has 1 aliphatic rings. The lowest BCUT2D eigenvalue weighted by atomic mass is 10.3. The van der Waals surface area contributed by atoms with Crippen molar-refractivity contribution in [2.75, 3.05) is 32.8 Å². The molecule has 1 fully saturated rings. The molecule has 0 aromatic rings. The van der Waals surface area contributed by atoms with Crippen LogP contribution in [0.5, 0.6) is 0 Å². The summed E-state index contributed by atoms with van der Waals surface area (Å²) in [7, 11) is 0. The predicted octanol–water partition coefficient (Wildman–Crippen LogP) is -0.629. The molecule has 5 heteroatoms. The molecule has 1 heterocycles. The van der Waals surface area contributed by atoms with E-state index in [1.807, 2.05) is 6.92 Å². The van der Waals surface area contributed by atoms with Gasteiger partial charge in [-0.25, -0.2) is 0 Å². The van der Waals surface area contributed by atoms with E-state index in [0.717, 1.165) is 6.42 Å². The lowest BCUT2D eigenvalue weighted by molar-refractivity contribution is -0.148.